The third-order valence-electron chi connectivity index (χ3n) is 4.72. The Morgan fingerprint density at radius 1 is 1.28 bits per heavy atom. The van der Waals surface area contributed by atoms with Crippen LogP contribution < -0.4 is 5.73 Å². The summed E-state index contributed by atoms with van der Waals surface area (Å²) in [4.78, 5) is 28.9. The van der Waals surface area contributed by atoms with Crippen molar-refractivity contribution in [1.82, 2.24) is 4.98 Å². The highest BCUT2D eigenvalue weighted by atomic mass is 16.8. The van der Waals surface area contributed by atoms with Crippen molar-refractivity contribution in [2.75, 3.05) is 6.61 Å². The van der Waals surface area contributed by atoms with Crippen LogP contribution in [0.25, 0.3) is 11.1 Å². The van der Waals surface area contributed by atoms with E-state index in [4.69, 9.17) is 19.9 Å². The van der Waals surface area contributed by atoms with Crippen LogP contribution in [-0.4, -0.2) is 30.0 Å². The van der Waals surface area contributed by atoms with Gasteiger partial charge in [0.15, 0.2) is 6.61 Å². The summed E-state index contributed by atoms with van der Waals surface area (Å²) in [7, 11) is 0. The van der Waals surface area contributed by atoms with E-state index in [1.165, 1.54) is 0 Å². The minimum absolute atomic E-state index is 0.133. The van der Waals surface area contributed by atoms with Gasteiger partial charge in [-0.25, -0.2) is 9.59 Å². The lowest BCUT2D eigenvalue weighted by atomic mass is 9.90. The fourth-order valence-electron chi connectivity index (χ4n) is 3.41. The van der Waals surface area contributed by atoms with Crippen molar-refractivity contribution in [2.45, 2.75) is 47.0 Å². The van der Waals surface area contributed by atoms with Crippen LogP contribution in [0.3, 0.4) is 0 Å². The van der Waals surface area contributed by atoms with Crippen LogP contribution in [0.2, 0.25) is 0 Å². The van der Waals surface area contributed by atoms with Crippen LogP contribution in [0.15, 0.2) is 24.3 Å². The van der Waals surface area contributed by atoms with Gasteiger partial charge in [-0.2, -0.15) is 0 Å². The summed E-state index contributed by atoms with van der Waals surface area (Å²) in [6.45, 7) is 8.10. The van der Waals surface area contributed by atoms with Crippen LogP contribution in [0.4, 0.5) is 4.79 Å². The van der Waals surface area contributed by atoms with Crippen LogP contribution in [0, 0.1) is 19.8 Å². The number of nitrogens with zero attached hydrogens (tertiary/aromatic N) is 1. The van der Waals surface area contributed by atoms with Gasteiger partial charge in [0.2, 0.25) is 0 Å². The van der Waals surface area contributed by atoms with E-state index in [0.29, 0.717) is 22.7 Å². The van der Waals surface area contributed by atoms with Gasteiger partial charge < -0.3 is 19.9 Å². The molecule has 1 unspecified atom stereocenters. The van der Waals surface area contributed by atoms with Crippen molar-refractivity contribution < 1.29 is 23.8 Å². The molecule has 1 saturated heterocycles. The van der Waals surface area contributed by atoms with Crippen molar-refractivity contribution in [3.05, 3.63) is 52.3 Å². The number of rotatable bonds is 6. The molecule has 1 aliphatic heterocycles. The van der Waals surface area contributed by atoms with Gasteiger partial charge in [-0.1, -0.05) is 43.7 Å². The van der Waals surface area contributed by atoms with Crippen molar-refractivity contribution in [3.63, 3.8) is 0 Å². The molecular formula is C22H26N2O5. The SMILES string of the molecule is Cc1ccc(-c2c(CN)c(CC(C)C)nc(C)c2C(=O)OC2COC(=O)O2)cc1. The Labute approximate surface area is 170 Å². The first kappa shape index (κ1) is 20.8. The lowest BCUT2D eigenvalue weighted by Gasteiger charge is -2.21. The first-order chi connectivity index (χ1) is 13.8. The van der Waals surface area contributed by atoms with Gasteiger partial charge in [-0.15, -0.1) is 0 Å². The maximum atomic E-state index is 13.0. The fourth-order valence-corrected chi connectivity index (χ4v) is 3.41. The largest absolute Gasteiger partial charge is 0.511 e. The number of benzene rings is 1. The molecule has 2 heterocycles. The second-order valence-corrected chi connectivity index (χ2v) is 7.55. The Bertz CT molecular complexity index is 922. The first-order valence-electron chi connectivity index (χ1n) is 9.64. The van der Waals surface area contributed by atoms with E-state index in [-0.39, 0.29) is 13.2 Å². The lowest BCUT2D eigenvalue weighted by Crippen LogP contribution is -2.23. The Morgan fingerprint density at radius 3 is 2.52 bits per heavy atom. The van der Waals surface area contributed by atoms with Crippen molar-refractivity contribution in [2.24, 2.45) is 11.7 Å². The van der Waals surface area contributed by atoms with E-state index in [0.717, 1.165) is 28.8 Å². The van der Waals surface area contributed by atoms with Crippen molar-refractivity contribution in [3.8, 4) is 11.1 Å². The molecule has 1 aromatic heterocycles. The first-order valence-corrected chi connectivity index (χ1v) is 9.64. The molecule has 0 radical (unpaired) electrons. The van der Waals surface area contributed by atoms with Crippen LogP contribution in [0.1, 0.15) is 46.7 Å². The standard InChI is InChI=1S/C22H26N2O5/c1-12(2)9-17-16(10-23)20(15-7-5-13(3)6-8-15)19(14(4)24-17)21(25)28-18-11-27-22(26)29-18/h5-8,12,18H,9-11,23H2,1-4H3. The summed E-state index contributed by atoms with van der Waals surface area (Å²) in [5, 5.41) is 0. The Kier molecular flexibility index (Phi) is 6.17. The van der Waals surface area contributed by atoms with Crippen molar-refractivity contribution >= 4 is 12.1 Å². The summed E-state index contributed by atoms with van der Waals surface area (Å²) in [6, 6.07) is 7.88. The monoisotopic (exact) mass is 398 g/mol. The number of esters is 1. The Hall–Kier alpha value is -2.93. The zero-order valence-electron chi connectivity index (χ0n) is 17.2. The zero-order chi connectivity index (χ0) is 21.1. The molecule has 1 aliphatic rings. The summed E-state index contributed by atoms with van der Waals surface area (Å²) >= 11 is 0. The average Bonchev–Trinajstić information content (AvgIpc) is 3.06. The lowest BCUT2D eigenvalue weighted by molar-refractivity contribution is -0.0464. The molecule has 0 bridgehead atoms. The molecule has 29 heavy (non-hydrogen) atoms. The van der Waals surface area contributed by atoms with Gasteiger partial charge in [-0.05, 0) is 37.3 Å². The predicted molar refractivity (Wildman–Crippen MR) is 107 cm³/mol. The van der Waals surface area contributed by atoms with E-state index in [2.05, 4.69) is 18.8 Å². The highest BCUT2D eigenvalue weighted by molar-refractivity contribution is 5.99. The summed E-state index contributed by atoms with van der Waals surface area (Å²) in [5.41, 5.74) is 11.4. The third-order valence-corrected chi connectivity index (χ3v) is 4.72. The molecule has 3 rings (SSSR count). The van der Waals surface area contributed by atoms with E-state index in [9.17, 15) is 9.59 Å². The zero-order valence-corrected chi connectivity index (χ0v) is 17.2. The van der Waals surface area contributed by atoms with Gasteiger partial charge in [-0.3, -0.25) is 4.98 Å². The highest BCUT2D eigenvalue weighted by Gasteiger charge is 2.31. The molecule has 7 heteroatoms. The molecule has 7 nitrogen and oxygen atoms in total. The Balaban J connectivity index is 2.13. The molecular weight excluding hydrogens is 372 g/mol. The van der Waals surface area contributed by atoms with E-state index in [1.54, 1.807) is 6.92 Å². The smallest absolute Gasteiger partial charge is 0.426 e. The number of nitrogens with two attached hydrogens (primary N) is 1. The number of aryl methyl sites for hydroxylation is 2. The quantitative estimate of drug-likeness (QED) is 0.741. The highest BCUT2D eigenvalue weighted by Crippen LogP contribution is 2.33. The van der Waals surface area contributed by atoms with Crippen LogP contribution in [-0.2, 0) is 27.2 Å². The van der Waals surface area contributed by atoms with Crippen LogP contribution in [0.5, 0.6) is 0 Å². The maximum absolute atomic E-state index is 13.0. The molecule has 1 fully saturated rings. The van der Waals surface area contributed by atoms with E-state index < -0.39 is 18.4 Å². The molecule has 0 aliphatic carbocycles. The molecule has 1 atom stereocenters. The number of hydrogen-bond acceptors (Lipinski definition) is 7. The van der Waals surface area contributed by atoms with E-state index in [1.807, 2.05) is 31.2 Å². The van der Waals surface area contributed by atoms with Crippen molar-refractivity contribution in [1.29, 1.82) is 0 Å². The van der Waals surface area contributed by atoms with Gasteiger partial charge >= 0.3 is 12.1 Å². The third kappa shape index (κ3) is 4.56. The molecule has 0 spiro atoms. The van der Waals surface area contributed by atoms with Gasteiger partial charge in [0.25, 0.3) is 6.29 Å². The molecule has 0 saturated carbocycles. The molecule has 2 N–H and O–H groups in total. The summed E-state index contributed by atoms with van der Waals surface area (Å²) in [5.74, 6) is -0.245. The average molecular weight is 398 g/mol. The van der Waals surface area contributed by atoms with Gasteiger partial charge in [0.05, 0.1) is 11.3 Å². The maximum Gasteiger partial charge on any atom is 0.511 e. The van der Waals surface area contributed by atoms with Gasteiger partial charge in [0, 0.05) is 17.8 Å². The van der Waals surface area contributed by atoms with Gasteiger partial charge in [0.1, 0.15) is 0 Å². The number of pyridine rings is 1. The normalized spacial score (nSPS) is 15.9. The Morgan fingerprint density at radius 2 is 1.97 bits per heavy atom. The second-order valence-electron chi connectivity index (χ2n) is 7.55. The number of carbonyl (C=O) groups excluding carboxylic acids is 2. The molecule has 1 aromatic carbocycles. The molecule has 0 amide bonds. The number of ether oxygens (including phenoxy) is 3. The minimum atomic E-state index is -1.07. The topological polar surface area (TPSA) is 101 Å². The number of cyclic esters (lactones) is 2. The fraction of sp³-hybridized carbons (Fsp3) is 0.409. The van der Waals surface area contributed by atoms with Crippen LogP contribution >= 0.6 is 0 Å². The van der Waals surface area contributed by atoms with E-state index >= 15 is 0 Å². The second kappa shape index (κ2) is 8.61. The predicted octanol–water partition coefficient (Wildman–Crippen LogP) is 3.67. The number of aromatic nitrogens is 1. The summed E-state index contributed by atoms with van der Waals surface area (Å²) in [6.07, 6.45) is -1.18. The number of hydrogen-bond donors (Lipinski definition) is 1. The minimum Gasteiger partial charge on any atom is -0.426 e. The molecule has 2 aromatic rings. The summed E-state index contributed by atoms with van der Waals surface area (Å²) < 4.78 is 14.9. The number of carbonyl (C=O) groups is 2. The molecule has 154 valence electrons.